The number of carbonyl (C=O) groups is 1. The molecular formula is C32H44N6O2. The van der Waals surface area contributed by atoms with E-state index >= 15 is 0 Å². The quantitative estimate of drug-likeness (QED) is 0.425. The normalized spacial score (nSPS) is 23.5. The van der Waals surface area contributed by atoms with E-state index in [9.17, 15) is 4.79 Å². The van der Waals surface area contributed by atoms with Crippen LogP contribution in [0.3, 0.4) is 0 Å². The first-order valence-corrected chi connectivity index (χ1v) is 15.2. The van der Waals surface area contributed by atoms with Gasteiger partial charge in [0.1, 0.15) is 0 Å². The summed E-state index contributed by atoms with van der Waals surface area (Å²) in [5.41, 5.74) is 5.15. The van der Waals surface area contributed by atoms with E-state index < -0.39 is 0 Å². The second-order valence-corrected chi connectivity index (χ2v) is 12.4. The van der Waals surface area contributed by atoms with Crippen molar-refractivity contribution >= 4 is 17.1 Å². The molecule has 1 aliphatic carbocycles. The van der Waals surface area contributed by atoms with Crippen molar-refractivity contribution in [2.75, 3.05) is 50.8 Å². The average Bonchev–Trinajstić information content (AvgIpc) is 3.40. The van der Waals surface area contributed by atoms with E-state index in [2.05, 4.69) is 78.0 Å². The Balaban J connectivity index is 1.17. The van der Waals surface area contributed by atoms with E-state index in [1.54, 1.807) is 0 Å². The maximum absolute atomic E-state index is 12.8. The number of pyridine rings is 1. The van der Waals surface area contributed by atoms with Crippen LogP contribution in [0.4, 0.5) is 5.69 Å². The molecule has 1 amide bonds. The molecule has 0 spiro atoms. The summed E-state index contributed by atoms with van der Waals surface area (Å²) >= 11 is 0. The Morgan fingerprint density at radius 3 is 2.45 bits per heavy atom. The molecule has 5 heterocycles. The molecule has 1 saturated carbocycles. The molecule has 3 aromatic heterocycles. The van der Waals surface area contributed by atoms with Crippen molar-refractivity contribution in [1.82, 2.24) is 24.4 Å². The first kappa shape index (κ1) is 27.2. The van der Waals surface area contributed by atoms with Gasteiger partial charge in [-0.15, -0.1) is 0 Å². The Labute approximate surface area is 238 Å². The van der Waals surface area contributed by atoms with Gasteiger partial charge in [0.15, 0.2) is 0 Å². The molecule has 8 nitrogen and oxygen atoms in total. The minimum atomic E-state index is -0.258. The van der Waals surface area contributed by atoms with E-state index in [1.807, 2.05) is 16.9 Å². The summed E-state index contributed by atoms with van der Waals surface area (Å²) in [5, 5.41) is 4.60. The van der Waals surface area contributed by atoms with Crippen molar-refractivity contribution in [3.8, 4) is 11.3 Å². The van der Waals surface area contributed by atoms with Gasteiger partial charge in [0, 0.05) is 87.6 Å². The van der Waals surface area contributed by atoms with Crippen LogP contribution in [0.1, 0.15) is 58.9 Å². The van der Waals surface area contributed by atoms with Gasteiger partial charge < -0.3 is 19.4 Å². The zero-order valence-corrected chi connectivity index (χ0v) is 24.6. The second kappa shape index (κ2) is 11.1. The number of piperazine rings is 1. The van der Waals surface area contributed by atoms with E-state index in [1.165, 1.54) is 5.56 Å². The van der Waals surface area contributed by atoms with Crippen LogP contribution in [-0.4, -0.2) is 82.2 Å². The molecule has 0 aromatic carbocycles. The number of rotatable bonds is 7. The maximum Gasteiger partial charge on any atom is 0.225 e. The number of amides is 1. The fourth-order valence-corrected chi connectivity index (χ4v) is 6.97. The van der Waals surface area contributed by atoms with E-state index in [4.69, 9.17) is 9.72 Å². The van der Waals surface area contributed by atoms with Crippen LogP contribution in [0.25, 0.3) is 16.8 Å². The number of aromatic nitrogens is 3. The van der Waals surface area contributed by atoms with Crippen molar-refractivity contribution in [3.63, 3.8) is 0 Å². The highest BCUT2D eigenvalue weighted by atomic mass is 16.5. The van der Waals surface area contributed by atoms with Crippen LogP contribution in [0.15, 0.2) is 42.9 Å². The SMILES string of the molecule is CCOC1(c2ccc(-c3cc4c(N5CCN(C(=O)C6CC(C)C6)CC5)ccnn4c3)nc2)CCN(C(C)C)CC1. The monoisotopic (exact) mass is 544 g/mol. The average molecular weight is 545 g/mol. The molecule has 8 heteroatoms. The molecule has 6 rings (SSSR count). The van der Waals surface area contributed by atoms with Crippen LogP contribution in [0.5, 0.6) is 0 Å². The fraction of sp³-hybridized carbons (Fsp3) is 0.594. The Morgan fingerprint density at radius 2 is 1.82 bits per heavy atom. The molecule has 3 aliphatic rings. The predicted molar refractivity (Wildman–Crippen MR) is 158 cm³/mol. The molecule has 2 saturated heterocycles. The lowest BCUT2D eigenvalue weighted by molar-refractivity contribution is -0.140. The number of hydrogen-bond acceptors (Lipinski definition) is 6. The molecule has 214 valence electrons. The summed E-state index contributed by atoms with van der Waals surface area (Å²) in [4.78, 5) is 24.7. The van der Waals surface area contributed by atoms with Crippen LogP contribution >= 0.6 is 0 Å². The first-order valence-electron chi connectivity index (χ1n) is 15.2. The van der Waals surface area contributed by atoms with Gasteiger partial charge in [-0.2, -0.15) is 5.10 Å². The van der Waals surface area contributed by atoms with Crippen LogP contribution in [0.2, 0.25) is 0 Å². The van der Waals surface area contributed by atoms with Crippen molar-refractivity contribution in [1.29, 1.82) is 0 Å². The molecule has 2 aliphatic heterocycles. The molecule has 0 radical (unpaired) electrons. The second-order valence-electron chi connectivity index (χ2n) is 12.4. The van der Waals surface area contributed by atoms with E-state index in [-0.39, 0.29) is 11.5 Å². The number of hydrogen-bond donors (Lipinski definition) is 0. The minimum Gasteiger partial charge on any atom is -0.370 e. The highest BCUT2D eigenvalue weighted by Gasteiger charge is 2.38. The fourth-order valence-electron chi connectivity index (χ4n) is 6.97. The third-order valence-corrected chi connectivity index (χ3v) is 9.48. The summed E-state index contributed by atoms with van der Waals surface area (Å²) in [6.45, 7) is 14.9. The van der Waals surface area contributed by atoms with Crippen molar-refractivity contribution in [3.05, 3.63) is 48.4 Å². The summed E-state index contributed by atoms with van der Waals surface area (Å²) in [5.74, 6) is 1.30. The van der Waals surface area contributed by atoms with Gasteiger partial charge in [-0.1, -0.05) is 13.0 Å². The zero-order chi connectivity index (χ0) is 27.9. The number of likely N-dealkylation sites (tertiary alicyclic amines) is 1. The van der Waals surface area contributed by atoms with Gasteiger partial charge >= 0.3 is 0 Å². The van der Waals surface area contributed by atoms with Gasteiger partial charge in [-0.25, -0.2) is 4.52 Å². The topological polar surface area (TPSA) is 66.2 Å². The Morgan fingerprint density at radius 1 is 1.07 bits per heavy atom. The van der Waals surface area contributed by atoms with Crippen molar-refractivity contribution < 1.29 is 9.53 Å². The lowest BCUT2D eigenvalue weighted by Crippen LogP contribution is -2.52. The molecule has 40 heavy (non-hydrogen) atoms. The van der Waals surface area contributed by atoms with Crippen LogP contribution < -0.4 is 4.90 Å². The summed E-state index contributed by atoms with van der Waals surface area (Å²) in [6.07, 6.45) is 10.0. The lowest BCUT2D eigenvalue weighted by atomic mass is 9.75. The Kier molecular flexibility index (Phi) is 7.57. The van der Waals surface area contributed by atoms with Crippen LogP contribution in [-0.2, 0) is 15.1 Å². The summed E-state index contributed by atoms with van der Waals surface area (Å²) in [6, 6.07) is 9.18. The first-order chi connectivity index (χ1) is 19.4. The number of fused-ring (bicyclic) bond motifs is 1. The van der Waals surface area contributed by atoms with E-state index in [0.717, 1.165) is 87.4 Å². The van der Waals surface area contributed by atoms with Gasteiger partial charge in [0.25, 0.3) is 0 Å². The molecule has 0 unspecified atom stereocenters. The van der Waals surface area contributed by atoms with Crippen LogP contribution in [0, 0.1) is 11.8 Å². The molecule has 0 N–H and O–H groups in total. The highest BCUT2D eigenvalue weighted by molar-refractivity contribution is 5.81. The smallest absolute Gasteiger partial charge is 0.225 e. The summed E-state index contributed by atoms with van der Waals surface area (Å²) < 4.78 is 8.36. The Hall–Kier alpha value is -2.97. The van der Waals surface area contributed by atoms with Gasteiger partial charge in [-0.05, 0) is 70.6 Å². The maximum atomic E-state index is 12.8. The van der Waals surface area contributed by atoms with Crippen molar-refractivity contribution in [2.45, 2.75) is 65.0 Å². The van der Waals surface area contributed by atoms with Gasteiger partial charge in [0.05, 0.1) is 22.5 Å². The Bertz CT molecular complexity index is 1310. The predicted octanol–water partition coefficient (Wildman–Crippen LogP) is 4.83. The lowest BCUT2D eigenvalue weighted by Gasteiger charge is -2.43. The van der Waals surface area contributed by atoms with E-state index in [0.29, 0.717) is 24.5 Å². The van der Waals surface area contributed by atoms with Gasteiger partial charge in [-0.3, -0.25) is 9.78 Å². The van der Waals surface area contributed by atoms with Gasteiger partial charge in [0.2, 0.25) is 5.91 Å². The van der Waals surface area contributed by atoms with Crippen molar-refractivity contribution in [2.24, 2.45) is 11.8 Å². The standard InChI is InChI=1S/C32H44N6O2/c1-5-40-32(9-12-35(13-10-32)23(2)3)27-6-7-28(33-21-27)26-20-30-29(8-11-34-38(30)22-26)36-14-16-37(17-15-36)31(39)25-18-24(4)19-25/h6-8,11,20-25H,5,9-10,12-19H2,1-4H3. The number of nitrogens with zero attached hydrogens (tertiary/aromatic N) is 6. The molecule has 3 aromatic rings. The third kappa shape index (κ3) is 5.12. The highest BCUT2D eigenvalue weighted by Crippen LogP contribution is 2.38. The zero-order valence-electron chi connectivity index (χ0n) is 24.6. The third-order valence-electron chi connectivity index (χ3n) is 9.48. The summed E-state index contributed by atoms with van der Waals surface area (Å²) in [7, 11) is 0. The largest absolute Gasteiger partial charge is 0.370 e. The molecule has 3 fully saturated rings. The minimum absolute atomic E-state index is 0.248. The number of carbonyl (C=O) groups excluding carboxylic acids is 1. The number of piperidine rings is 1. The molecule has 0 bridgehead atoms. The number of anilines is 1. The molecular weight excluding hydrogens is 500 g/mol. The molecule has 0 atom stereocenters. The number of ether oxygens (including phenoxy) is 1.